The Morgan fingerprint density at radius 2 is 2.18 bits per heavy atom. The second kappa shape index (κ2) is 4.78. The van der Waals surface area contributed by atoms with Crippen LogP contribution in [0.2, 0.25) is 0 Å². The van der Waals surface area contributed by atoms with Gasteiger partial charge in [-0.25, -0.2) is 0 Å². The van der Waals surface area contributed by atoms with Crippen LogP contribution >= 0.6 is 0 Å². The second-order valence-corrected chi connectivity index (χ2v) is 5.20. The van der Waals surface area contributed by atoms with Gasteiger partial charge in [-0.15, -0.1) is 0 Å². The van der Waals surface area contributed by atoms with E-state index in [4.69, 9.17) is 10.5 Å². The van der Waals surface area contributed by atoms with Crippen LogP contribution in [0.15, 0.2) is 0 Å². The zero-order chi connectivity index (χ0) is 12.6. The molecular weight excluding hydrogens is 214 g/mol. The highest BCUT2D eigenvalue weighted by atomic mass is 16.5. The van der Waals surface area contributed by atoms with Gasteiger partial charge < -0.3 is 10.5 Å². The average Bonchev–Trinajstić information content (AvgIpc) is 2.73. The van der Waals surface area contributed by atoms with Gasteiger partial charge in [-0.05, 0) is 40.5 Å². The van der Waals surface area contributed by atoms with E-state index in [2.05, 4.69) is 23.6 Å². The molecule has 0 aromatic carbocycles. The predicted octanol–water partition coefficient (Wildman–Crippen LogP) is 2.09. The lowest BCUT2D eigenvalue weighted by Gasteiger charge is -2.13. The third-order valence-corrected chi connectivity index (χ3v) is 3.59. The molecule has 0 aliphatic carbocycles. The minimum Gasteiger partial charge on any atom is -0.373 e. The lowest BCUT2D eigenvalue weighted by atomic mass is 10.1. The van der Waals surface area contributed by atoms with Crippen LogP contribution in [0.1, 0.15) is 49.7 Å². The Balaban J connectivity index is 2.14. The van der Waals surface area contributed by atoms with E-state index in [1.165, 1.54) is 11.3 Å². The summed E-state index contributed by atoms with van der Waals surface area (Å²) in [5.41, 5.74) is 9.38. The highest BCUT2D eigenvalue weighted by Crippen LogP contribution is 2.23. The Kier molecular flexibility index (Phi) is 3.54. The molecular formula is C13H23N3O. The number of aryl methyl sites for hydroxylation is 1. The summed E-state index contributed by atoms with van der Waals surface area (Å²) in [5.74, 6) is 0. The van der Waals surface area contributed by atoms with Crippen molar-refractivity contribution in [3.63, 3.8) is 0 Å². The molecule has 1 aromatic rings. The summed E-state index contributed by atoms with van der Waals surface area (Å²) in [6, 6.07) is 0.0483. The highest BCUT2D eigenvalue weighted by molar-refractivity contribution is 5.27. The molecule has 0 radical (unpaired) electrons. The number of hydrogen-bond acceptors (Lipinski definition) is 3. The van der Waals surface area contributed by atoms with Crippen molar-refractivity contribution in [3.8, 4) is 0 Å². The van der Waals surface area contributed by atoms with E-state index in [1.807, 2.05) is 13.8 Å². The number of hydrogen-bond donors (Lipinski definition) is 1. The van der Waals surface area contributed by atoms with Gasteiger partial charge in [0.05, 0.1) is 24.4 Å². The Hall–Kier alpha value is -0.870. The maximum Gasteiger partial charge on any atom is 0.0775 e. The fraction of sp³-hybridized carbons (Fsp3) is 0.769. The molecule has 17 heavy (non-hydrogen) atoms. The third kappa shape index (κ3) is 2.53. The first-order valence-corrected chi connectivity index (χ1v) is 6.44. The Labute approximate surface area is 103 Å². The minimum absolute atomic E-state index is 0.0483. The maximum atomic E-state index is 5.97. The molecule has 1 aliphatic rings. The van der Waals surface area contributed by atoms with Crippen molar-refractivity contribution in [2.75, 3.05) is 0 Å². The summed E-state index contributed by atoms with van der Waals surface area (Å²) < 4.78 is 7.89. The molecule has 2 rings (SSSR count). The van der Waals surface area contributed by atoms with E-state index in [-0.39, 0.29) is 6.04 Å². The molecule has 1 fully saturated rings. The van der Waals surface area contributed by atoms with Gasteiger partial charge in [-0.2, -0.15) is 5.10 Å². The van der Waals surface area contributed by atoms with Crippen molar-refractivity contribution >= 4 is 0 Å². The minimum atomic E-state index is 0.0483. The standard InChI is InChI=1S/C13H23N3O/c1-8-5-6-12(17-8)7-16-11(4)13(9(2)14)10(3)15-16/h8-9,12H,5-7,14H2,1-4H3. The molecule has 1 aromatic heterocycles. The molecule has 2 heterocycles. The fourth-order valence-electron chi connectivity index (χ4n) is 2.76. The van der Waals surface area contributed by atoms with Gasteiger partial charge in [0.2, 0.25) is 0 Å². The van der Waals surface area contributed by atoms with Crippen LogP contribution in [-0.4, -0.2) is 22.0 Å². The smallest absolute Gasteiger partial charge is 0.0775 e. The zero-order valence-corrected chi connectivity index (χ0v) is 11.2. The molecule has 0 amide bonds. The van der Waals surface area contributed by atoms with Crippen LogP contribution < -0.4 is 5.73 Å². The van der Waals surface area contributed by atoms with Crippen molar-refractivity contribution in [1.29, 1.82) is 0 Å². The average molecular weight is 237 g/mol. The summed E-state index contributed by atoms with van der Waals surface area (Å²) in [7, 11) is 0. The van der Waals surface area contributed by atoms with E-state index in [1.54, 1.807) is 0 Å². The fourth-order valence-corrected chi connectivity index (χ4v) is 2.76. The molecule has 96 valence electrons. The van der Waals surface area contributed by atoms with Crippen LogP contribution in [0.5, 0.6) is 0 Å². The highest BCUT2D eigenvalue weighted by Gasteiger charge is 2.24. The Morgan fingerprint density at radius 3 is 2.65 bits per heavy atom. The first-order valence-electron chi connectivity index (χ1n) is 6.44. The largest absolute Gasteiger partial charge is 0.373 e. The Bertz CT molecular complexity index is 398. The molecule has 0 saturated carbocycles. The van der Waals surface area contributed by atoms with Gasteiger partial charge in [0.1, 0.15) is 0 Å². The molecule has 4 heteroatoms. The molecule has 1 saturated heterocycles. The van der Waals surface area contributed by atoms with Gasteiger partial charge in [0.15, 0.2) is 0 Å². The molecule has 1 aliphatic heterocycles. The SMILES string of the molecule is Cc1nn(CC2CCC(C)O2)c(C)c1C(C)N. The summed E-state index contributed by atoms with van der Waals surface area (Å²) in [4.78, 5) is 0. The first-order chi connectivity index (χ1) is 7.99. The third-order valence-electron chi connectivity index (χ3n) is 3.59. The normalized spacial score (nSPS) is 26.4. The van der Waals surface area contributed by atoms with Gasteiger partial charge in [0, 0.05) is 17.3 Å². The monoisotopic (exact) mass is 237 g/mol. The summed E-state index contributed by atoms with van der Waals surface area (Å²) >= 11 is 0. The molecule has 4 nitrogen and oxygen atoms in total. The van der Waals surface area contributed by atoms with Crippen molar-refractivity contribution < 1.29 is 4.74 Å². The van der Waals surface area contributed by atoms with Crippen LogP contribution in [0.3, 0.4) is 0 Å². The van der Waals surface area contributed by atoms with Crippen molar-refractivity contribution in [2.45, 2.75) is 65.3 Å². The zero-order valence-electron chi connectivity index (χ0n) is 11.2. The number of nitrogens with two attached hydrogens (primary N) is 1. The van der Waals surface area contributed by atoms with Gasteiger partial charge >= 0.3 is 0 Å². The van der Waals surface area contributed by atoms with E-state index in [0.29, 0.717) is 12.2 Å². The lowest BCUT2D eigenvalue weighted by molar-refractivity contribution is 0.0433. The van der Waals surface area contributed by atoms with E-state index < -0.39 is 0 Å². The van der Waals surface area contributed by atoms with Crippen molar-refractivity contribution in [3.05, 3.63) is 17.0 Å². The summed E-state index contributed by atoms with van der Waals surface area (Å²) in [6.07, 6.45) is 2.99. The van der Waals surface area contributed by atoms with Crippen LogP contribution in [0.25, 0.3) is 0 Å². The number of aromatic nitrogens is 2. The van der Waals surface area contributed by atoms with Gasteiger partial charge in [-0.3, -0.25) is 4.68 Å². The molecule has 0 bridgehead atoms. The van der Waals surface area contributed by atoms with Crippen LogP contribution in [0.4, 0.5) is 0 Å². The van der Waals surface area contributed by atoms with Gasteiger partial charge in [-0.1, -0.05) is 0 Å². The summed E-state index contributed by atoms with van der Waals surface area (Å²) in [6.45, 7) is 9.12. The molecule has 3 atom stereocenters. The quantitative estimate of drug-likeness (QED) is 0.875. The van der Waals surface area contributed by atoms with Crippen LogP contribution in [-0.2, 0) is 11.3 Å². The first kappa shape index (κ1) is 12.6. The molecule has 0 spiro atoms. The molecule has 3 unspecified atom stereocenters. The number of rotatable bonds is 3. The number of nitrogens with zero attached hydrogens (tertiary/aromatic N) is 2. The molecule has 2 N–H and O–H groups in total. The predicted molar refractivity (Wildman–Crippen MR) is 67.9 cm³/mol. The maximum absolute atomic E-state index is 5.97. The number of ether oxygens (including phenoxy) is 1. The Morgan fingerprint density at radius 1 is 1.47 bits per heavy atom. The van der Waals surface area contributed by atoms with Crippen LogP contribution in [0, 0.1) is 13.8 Å². The topological polar surface area (TPSA) is 53.1 Å². The lowest BCUT2D eigenvalue weighted by Crippen LogP contribution is -2.18. The van der Waals surface area contributed by atoms with Crippen molar-refractivity contribution in [2.24, 2.45) is 5.73 Å². The summed E-state index contributed by atoms with van der Waals surface area (Å²) in [5, 5.41) is 4.58. The van der Waals surface area contributed by atoms with Crippen molar-refractivity contribution in [1.82, 2.24) is 9.78 Å². The second-order valence-electron chi connectivity index (χ2n) is 5.20. The van der Waals surface area contributed by atoms with E-state index >= 15 is 0 Å². The van der Waals surface area contributed by atoms with Gasteiger partial charge in [0.25, 0.3) is 0 Å². The van der Waals surface area contributed by atoms with E-state index in [0.717, 1.165) is 25.1 Å². The van der Waals surface area contributed by atoms with E-state index in [9.17, 15) is 0 Å².